The maximum absolute atomic E-state index is 12.2. The van der Waals surface area contributed by atoms with Gasteiger partial charge in [-0.25, -0.2) is 4.79 Å². The second-order valence-electron chi connectivity index (χ2n) is 6.66. The Hall–Kier alpha value is -3.99. The summed E-state index contributed by atoms with van der Waals surface area (Å²) < 4.78 is 2.11. The van der Waals surface area contributed by atoms with Crippen molar-refractivity contribution in [1.29, 1.82) is 0 Å². The van der Waals surface area contributed by atoms with Crippen molar-refractivity contribution in [3.63, 3.8) is 0 Å². The fourth-order valence-electron chi connectivity index (χ4n) is 3.37. The van der Waals surface area contributed by atoms with Crippen LogP contribution in [0, 0.1) is 0 Å². The molecule has 1 aromatic heterocycles. The van der Waals surface area contributed by atoms with E-state index >= 15 is 0 Å². The second-order valence-corrected chi connectivity index (χ2v) is 6.66. The molecule has 0 atom stereocenters. The van der Waals surface area contributed by atoms with Gasteiger partial charge in [0, 0.05) is 16.6 Å². The van der Waals surface area contributed by atoms with Crippen molar-refractivity contribution in [2.75, 3.05) is 0 Å². The highest BCUT2D eigenvalue weighted by molar-refractivity contribution is 6.37. The number of hydrogen-bond donors (Lipinski definition) is 1. The van der Waals surface area contributed by atoms with Gasteiger partial charge in [-0.05, 0) is 42.0 Å². The Morgan fingerprint density at radius 3 is 2.14 bits per heavy atom. The van der Waals surface area contributed by atoms with Gasteiger partial charge in [-0.1, -0.05) is 48.5 Å². The van der Waals surface area contributed by atoms with Crippen LogP contribution < -0.4 is 0 Å². The van der Waals surface area contributed by atoms with E-state index in [1.54, 1.807) is 24.3 Å². The number of aliphatic carboxylic acids is 1. The maximum Gasteiger partial charge on any atom is 0.372 e. The Morgan fingerprint density at radius 1 is 0.793 bits per heavy atom. The van der Waals surface area contributed by atoms with Crippen LogP contribution in [0.15, 0.2) is 84.9 Å². The largest absolute Gasteiger partial charge is 0.475 e. The minimum absolute atomic E-state index is 0.307. The third-order valence-corrected chi connectivity index (χ3v) is 4.79. The van der Waals surface area contributed by atoms with E-state index in [1.807, 2.05) is 54.6 Å². The number of fused-ring (bicyclic) bond motifs is 1. The van der Waals surface area contributed by atoms with Crippen LogP contribution in [0.5, 0.6) is 0 Å². The number of aromatic nitrogens is 1. The fraction of sp³-hybridized carbons (Fsp3) is 0.0417. The molecule has 0 aliphatic rings. The zero-order valence-corrected chi connectivity index (χ0v) is 15.4. The summed E-state index contributed by atoms with van der Waals surface area (Å²) in [5.74, 6) is -3.22. The van der Waals surface area contributed by atoms with E-state index in [0.29, 0.717) is 5.56 Å². The van der Waals surface area contributed by atoms with Gasteiger partial charge in [0.15, 0.2) is 5.78 Å². The van der Waals surface area contributed by atoms with Gasteiger partial charge < -0.3 is 9.67 Å². The number of carboxylic acid groups (broad SMARTS) is 1. The average molecular weight is 383 g/mol. The van der Waals surface area contributed by atoms with E-state index < -0.39 is 24.0 Å². The lowest BCUT2D eigenvalue weighted by atomic mass is 10.1. The number of carbonyl (C=O) groups is 3. The quantitative estimate of drug-likeness (QED) is 0.302. The summed E-state index contributed by atoms with van der Waals surface area (Å²) in [6, 6.07) is 27.0. The first-order valence-electron chi connectivity index (χ1n) is 9.10. The molecule has 0 spiro atoms. The molecule has 29 heavy (non-hydrogen) atoms. The van der Waals surface area contributed by atoms with Gasteiger partial charge in [0.25, 0.3) is 0 Å². The molecule has 142 valence electrons. The molecule has 5 heteroatoms. The molecule has 4 aromatic rings. The second kappa shape index (κ2) is 7.56. The van der Waals surface area contributed by atoms with Crippen LogP contribution in [0.1, 0.15) is 16.8 Å². The Balaban J connectivity index is 1.76. The molecule has 0 saturated heterocycles. The van der Waals surface area contributed by atoms with Crippen molar-refractivity contribution in [2.45, 2.75) is 6.42 Å². The lowest BCUT2D eigenvalue weighted by Gasteiger charge is -2.12. The minimum atomic E-state index is -1.60. The molecule has 1 heterocycles. The number of rotatable bonds is 6. The molecular formula is C24H17NO4. The first-order chi connectivity index (χ1) is 14.0. The number of carboxylic acids is 1. The predicted octanol–water partition coefficient (Wildman–Crippen LogP) is 4.52. The molecule has 0 fully saturated rings. The van der Waals surface area contributed by atoms with Gasteiger partial charge in [-0.15, -0.1) is 0 Å². The first kappa shape index (κ1) is 18.4. The van der Waals surface area contributed by atoms with Crippen LogP contribution in [-0.4, -0.2) is 27.2 Å². The van der Waals surface area contributed by atoms with Gasteiger partial charge in [-0.3, -0.25) is 9.59 Å². The summed E-state index contributed by atoms with van der Waals surface area (Å²) in [4.78, 5) is 34.1. The van der Waals surface area contributed by atoms with E-state index in [1.165, 1.54) is 0 Å². The van der Waals surface area contributed by atoms with Crippen molar-refractivity contribution < 1.29 is 19.5 Å². The SMILES string of the molecule is O=C(O)C(=O)CC(=O)c1ccc(-n2c(-c3ccccc3)cc3ccccc32)cc1. The summed E-state index contributed by atoms with van der Waals surface area (Å²) in [6.07, 6.45) is -0.642. The van der Waals surface area contributed by atoms with Crippen LogP contribution in [0.2, 0.25) is 0 Å². The molecule has 0 radical (unpaired) electrons. The van der Waals surface area contributed by atoms with Gasteiger partial charge in [-0.2, -0.15) is 0 Å². The third-order valence-electron chi connectivity index (χ3n) is 4.79. The van der Waals surface area contributed by atoms with Gasteiger partial charge in [0.05, 0.1) is 17.6 Å². The number of hydrogen-bond acceptors (Lipinski definition) is 3. The summed E-state index contributed by atoms with van der Waals surface area (Å²) >= 11 is 0. The maximum atomic E-state index is 12.2. The number of para-hydroxylation sites is 1. The van der Waals surface area contributed by atoms with Gasteiger partial charge in [0.1, 0.15) is 0 Å². The first-order valence-corrected chi connectivity index (χ1v) is 9.10. The predicted molar refractivity (Wildman–Crippen MR) is 110 cm³/mol. The molecule has 0 unspecified atom stereocenters. The minimum Gasteiger partial charge on any atom is -0.475 e. The zero-order valence-electron chi connectivity index (χ0n) is 15.4. The highest BCUT2D eigenvalue weighted by Gasteiger charge is 2.18. The number of nitrogens with zero attached hydrogens (tertiary/aromatic N) is 1. The topological polar surface area (TPSA) is 76.4 Å². The Labute approximate surface area is 166 Å². The summed E-state index contributed by atoms with van der Waals surface area (Å²) in [5, 5.41) is 9.78. The fourth-order valence-corrected chi connectivity index (χ4v) is 3.37. The van der Waals surface area contributed by atoms with Crippen LogP contribution in [0.25, 0.3) is 27.8 Å². The summed E-state index contributed by atoms with van der Waals surface area (Å²) in [7, 11) is 0. The third kappa shape index (κ3) is 3.58. The monoisotopic (exact) mass is 383 g/mol. The normalized spacial score (nSPS) is 10.8. The van der Waals surface area contributed by atoms with Gasteiger partial charge in [0.2, 0.25) is 5.78 Å². The van der Waals surface area contributed by atoms with Crippen LogP contribution in [0.4, 0.5) is 0 Å². The lowest BCUT2D eigenvalue weighted by Crippen LogP contribution is -2.17. The molecule has 0 amide bonds. The van der Waals surface area contributed by atoms with Crippen molar-refractivity contribution in [3.8, 4) is 16.9 Å². The van der Waals surface area contributed by atoms with E-state index in [2.05, 4.69) is 10.6 Å². The summed E-state index contributed by atoms with van der Waals surface area (Å²) in [5.41, 5.74) is 4.29. The molecule has 0 aliphatic carbocycles. The van der Waals surface area contributed by atoms with Crippen LogP contribution in [-0.2, 0) is 9.59 Å². The van der Waals surface area contributed by atoms with Crippen molar-refractivity contribution >= 4 is 28.4 Å². The van der Waals surface area contributed by atoms with Crippen molar-refractivity contribution in [3.05, 3.63) is 90.5 Å². The van der Waals surface area contributed by atoms with E-state index in [-0.39, 0.29) is 0 Å². The van der Waals surface area contributed by atoms with Crippen molar-refractivity contribution in [2.24, 2.45) is 0 Å². The Kier molecular flexibility index (Phi) is 4.79. The number of carbonyl (C=O) groups excluding carboxylic acids is 2. The number of ketones is 2. The smallest absolute Gasteiger partial charge is 0.372 e. The van der Waals surface area contributed by atoms with E-state index in [9.17, 15) is 14.4 Å². The molecule has 3 aromatic carbocycles. The van der Waals surface area contributed by atoms with Gasteiger partial charge >= 0.3 is 5.97 Å². The molecule has 4 rings (SSSR count). The molecular weight excluding hydrogens is 366 g/mol. The number of benzene rings is 3. The molecule has 0 aliphatic heterocycles. The number of Topliss-reactive ketones (excluding diaryl/α,β-unsaturated/α-hetero) is 2. The zero-order chi connectivity index (χ0) is 20.4. The molecule has 5 nitrogen and oxygen atoms in total. The van der Waals surface area contributed by atoms with Crippen LogP contribution >= 0.6 is 0 Å². The highest BCUT2D eigenvalue weighted by atomic mass is 16.4. The average Bonchev–Trinajstić information content (AvgIpc) is 3.14. The molecule has 1 N–H and O–H groups in total. The summed E-state index contributed by atoms with van der Waals surface area (Å²) in [6.45, 7) is 0. The Bertz CT molecular complexity index is 1220. The molecule has 0 saturated carbocycles. The van der Waals surface area contributed by atoms with Crippen LogP contribution in [0.3, 0.4) is 0 Å². The van der Waals surface area contributed by atoms with Crippen molar-refractivity contribution in [1.82, 2.24) is 4.57 Å². The van der Waals surface area contributed by atoms with E-state index in [0.717, 1.165) is 27.8 Å². The lowest BCUT2D eigenvalue weighted by molar-refractivity contribution is -0.148. The standard InChI is InChI=1S/C24H17NO4/c26-22(15-23(27)24(28)29)17-10-12-19(13-11-17)25-20-9-5-4-8-18(20)14-21(25)16-6-2-1-3-7-16/h1-14H,15H2,(H,28,29). The molecule has 0 bridgehead atoms. The Morgan fingerprint density at radius 2 is 1.45 bits per heavy atom. The highest BCUT2D eigenvalue weighted by Crippen LogP contribution is 2.31. The van der Waals surface area contributed by atoms with E-state index in [4.69, 9.17) is 5.11 Å².